The maximum Gasteiger partial charge on any atom is 0.339 e. The van der Waals surface area contributed by atoms with Crippen molar-refractivity contribution < 1.29 is 23.5 Å². The number of rotatable bonds is 5. The maximum absolute atomic E-state index is 12.9. The number of hydrogen-bond donors (Lipinski definition) is 2. The van der Waals surface area contributed by atoms with Crippen molar-refractivity contribution >= 4 is 17.7 Å². The van der Waals surface area contributed by atoms with Crippen LogP contribution in [0.25, 0.3) is 5.70 Å². The highest BCUT2D eigenvalue weighted by molar-refractivity contribution is 6.04. The fraction of sp³-hybridized carbons (Fsp3) is 0.300. The maximum atomic E-state index is 12.9. The zero-order chi connectivity index (χ0) is 19.6. The van der Waals surface area contributed by atoms with E-state index in [0.717, 1.165) is 0 Å². The van der Waals surface area contributed by atoms with Crippen molar-refractivity contribution in [3.05, 3.63) is 59.1 Å². The average Bonchev–Trinajstić information content (AvgIpc) is 3.06. The molecule has 2 heterocycles. The molecule has 1 aliphatic heterocycles. The van der Waals surface area contributed by atoms with E-state index in [-0.39, 0.29) is 11.7 Å². The number of methoxy groups -OCH3 is 1. The molecule has 142 valence electrons. The third-order valence-corrected chi connectivity index (χ3v) is 4.06. The van der Waals surface area contributed by atoms with Gasteiger partial charge in [-0.1, -0.05) is 0 Å². The highest BCUT2D eigenvalue weighted by Gasteiger charge is 2.36. The Morgan fingerprint density at radius 1 is 1.15 bits per heavy atom. The third kappa shape index (κ3) is 3.97. The molecule has 3 rings (SSSR count). The van der Waals surface area contributed by atoms with Crippen LogP contribution in [0.1, 0.15) is 37.0 Å². The van der Waals surface area contributed by atoms with Crippen LogP contribution >= 0.6 is 0 Å². The molecule has 2 aromatic rings. The van der Waals surface area contributed by atoms with E-state index >= 15 is 0 Å². The molecule has 27 heavy (non-hydrogen) atoms. The quantitative estimate of drug-likeness (QED) is 0.788. The Hall–Kier alpha value is -3.22. The Bertz CT molecular complexity index is 880. The number of nitrogens with one attached hydrogen (secondary N) is 2. The third-order valence-electron chi connectivity index (χ3n) is 4.06. The number of hydrogen-bond acceptors (Lipinski definition) is 5. The first-order chi connectivity index (χ1) is 12.9. The summed E-state index contributed by atoms with van der Waals surface area (Å²) in [5.74, 6) is 1.29. The molecule has 0 radical (unpaired) electrons. The molecular weight excluding hydrogens is 348 g/mol. The minimum absolute atomic E-state index is 0.280. The molecule has 0 spiro atoms. The van der Waals surface area contributed by atoms with Crippen LogP contribution in [-0.4, -0.2) is 25.2 Å². The first-order valence-corrected chi connectivity index (χ1v) is 8.62. The fourth-order valence-electron chi connectivity index (χ4n) is 2.87. The van der Waals surface area contributed by atoms with Crippen molar-refractivity contribution in [1.29, 1.82) is 0 Å². The number of aryl methyl sites for hydroxylation is 1. The Labute approximate surface area is 157 Å². The first-order valence-electron chi connectivity index (χ1n) is 8.62. The molecule has 7 nitrogen and oxygen atoms in total. The molecule has 1 aromatic carbocycles. The SMILES string of the molecule is COc1ccc(C2=C(C(=O)OC(C)C)C(c3ccc(C)o3)NC(=O)N2)cc1. The summed E-state index contributed by atoms with van der Waals surface area (Å²) in [7, 11) is 1.57. The van der Waals surface area contributed by atoms with Crippen LogP contribution in [0.5, 0.6) is 5.75 Å². The molecule has 0 fully saturated rings. The summed E-state index contributed by atoms with van der Waals surface area (Å²) in [5.41, 5.74) is 1.32. The van der Waals surface area contributed by atoms with Crippen molar-refractivity contribution in [2.75, 3.05) is 7.11 Å². The van der Waals surface area contributed by atoms with Gasteiger partial charge in [-0.15, -0.1) is 0 Å². The van der Waals surface area contributed by atoms with Crippen LogP contribution in [0.4, 0.5) is 4.79 Å². The highest BCUT2D eigenvalue weighted by Crippen LogP contribution is 2.33. The highest BCUT2D eigenvalue weighted by atomic mass is 16.5. The second kappa shape index (κ2) is 7.57. The van der Waals surface area contributed by atoms with Gasteiger partial charge in [-0.05, 0) is 62.7 Å². The molecule has 2 amide bonds. The van der Waals surface area contributed by atoms with E-state index in [1.165, 1.54) is 0 Å². The molecule has 7 heteroatoms. The summed E-state index contributed by atoms with van der Waals surface area (Å²) < 4.78 is 16.3. The molecule has 2 N–H and O–H groups in total. The Morgan fingerprint density at radius 2 is 1.85 bits per heavy atom. The van der Waals surface area contributed by atoms with Crippen molar-refractivity contribution in [3.63, 3.8) is 0 Å². The van der Waals surface area contributed by atoms with Crippen LogP contribution < -0.4 is 15.4 Å². The Kier molecular flexibility index (Phi) is 5.21. The zero-order valence-corrected chi connectivity index (χ0v) is 15.7. The monoisotopic (exact) mass is 370 g/mol. The zero-order valence-electron chi connectivity index (χ0n) is 15.7. The summed E-state index contributed by atoms with van der Waals surface area (Å²) in [6, 6.07) is 9.39. The number of carbonyl (C=O) groups is 2. The van der Waals surface area contributed by atoms with Crippen LogP contribution in [0.3, 0.4) is 0 Å². The van der Waals surface area contributed by atoms with E-state index in [1.807, 2.05) is 0 Å². The number of ether oxygens (including phenoxy) is 2. The number of amides is 2. The molecule has 1 unspecified atom stereocenters. The van der Waals surface area contributed by atoms with Gasteiger partial charge in [0.2, 0.25) is 0 Å². The van der Waals surface area contributed by atoms with Gasteiger partial charge in [0.05, 0.1) is 24.5 Å². The van der Waals surface area contributed by atoms with Gasteiger partial charge in [-0.25, -0.2) is 9.59 Å². The summed E-state index contributed by atoms with van der Waals surface area (Å²) >= 11 is 0. The topological polar surface area (TPSA) is 89.8 Å². The molecule has 0 saturated carbocycles. The minimum Gasteiger partial charge on any atom is -0.497 e. The van der Waals surface area contributed by atoms with Crippen molar-refractivity contribution in [3.8, 4) is 5.75 Å². The second-order valence-electron chi connectivity index (χ2n) is 6.45. The fourth-order valence-corrected chi connectivity index (χ4v) is 2.87. The standard InChI is InChI=1S/C20H22N2O5/c1-11(2)26-19(23)16-17(13-6-8-14(25-4)9-7-13)21-20(24)22-18(16)15-10-5-12(3)27-15/h5-11,18H,1-4H3,(H2,21,22,24). The molecule has 0 saturated heterocycles. The number of carbonyl (C=O) groups excluding carboxylic acids is 2. The number of esters is 1. The lowest BCUT2D eigenvalue weighted by Crippen LogP contribution is -2.45. The van der Waals surface area contributed by atoms with Gasteiger partial charge in [-0.3, -0.25) is 0 Å². The van der Waals surface area contributed by atoms with E-state index in [4.69, 9.17) is 13.9 Å². The van der Waals surface area contributed by atoms with E-state index in [1.54, 1.807) is 64.3 Å². The van der Waals surface area contributed by atoms with Crippen molar-refractivity contribution in [2.45, 2.75) is 32.9 Å². The summed E-state index contributed by atoms with van der Waals surface area (Å²) in [6.45, 7) is 5.34. The Balaban J connectivity index is 2.14. The smallest absolute Gasteiger partial charge is 0.339 e. The van der Waals surface area contributed by atoms with Gasteiger partial charge < -0.3 is 24.5 Å². The van der Waals surface area contributed by atoms with Gasteiger partial charge >= 0.3 is 12.0 Å². The number of benzene rings is 1. The van der Waals surface area contributed by atoms with Gasteiger partial charge in [0.25, 0.3) is 0 Å². The summed E-state index contributed by atoms with van der Waals surface area (Å²) in [6.07, 6.45) is -0.307. The predicted molar refractivity (Wildman–Crippen MR) is 99.0 cm³/mol. The lowest BCUT2D eigenvalue weighted by molar-refractivity contribution is -0.143. The minimum atomic E-state index is -0.754. The first kappa shape index (κ1) is 18.6. The van der Waals surface area contributed by atoms with Crippen LogP contribution in [0, 0.1) is 6.92 Å². The average molecular weight is 370 g/mol. The molecule has 1 atom stereocenters. The number of urea groups is 1. The molecule has 1 aliphatic rings. The number of furan rings is 1. The van der Waals surface area contributed by atoms with Crippen LogP contribution in [0.2, 0.25) is 0 Å². The normalized spacial score (nSPS) is 16.8. The summed E-state index contributed by atoms with van der Waals surface area (Å²) in [4.78, 5) is 25.2. The van der Waals surface area contributed by atoms with Gasteiger partial charge in [0, 0.05) is 0 Å². The molecular formula is C20H22N2O5. The van der Waals surface area contributed by atoms with Crippen LogP contribution in [-0.2, 0) is 9.53 Å². The second-order valence-corrected chi connectivity index (χ2v) is 6.45. The molecule has 1 aromatic heterocycles. The molecule has 0 aliphatic carbocycles. The predicted octanol–water partition coefficient (Wildman–Crippen LogP) is 3.31. The van der Waals surface area contributed by atoms with E-state index in [9.17, 15) is 9.59 Å². The molecule has 0 bridgehead atoms. The van der Waals surface area contributed by atoms with Gasteiger partial charge in [0.1, 0.15) is 23.3 Å². The van der Waals surface area contributed by atoms with Gasteiger partial charge in [0.15, 0.2) is 0 Å². The lowest BCUT2D eigenvalue weighted by Gasteiger charge is -2.28. The van der Waals surface area contributed by atoms with E-state index in [2.05, 4.69) is 10.6 Å². The Morgan fingerprint density at radius 3 is 2.41 bits per heavy atom. The summed E-state index contributed by atoms with van der Waals surface area (Å²) in [5, 5.41) is 5.47. The van der Waals surface area contributed by atoms with Gasteiger partial charge in [-0.2, -0.15) is 0 Å². The van der Waals surface area contributed by atoms with Crippen LogP contribution in [0.15, 0.2) is 46.4 Å². The largest absolute Gasteiger partial charge is 0.497 e. The van der Waals surface area contributed by atoms with E-state index < -0.39 is 18.0 Å². The van der Waals surface area contributed by atoms with Crippen molar-refractivity contribution in [2.24, 2.45) is 0 Å². The lowest BCUT2D eigenvalue weighted by atomic mass is 9.96. The van der Waals surface area contributed by atoms with Crippen molar-refractivity contribution in [1.82, 2.24) is 10.6 Å². The van der Waals surface area contributed by atoms with E-state index in [0.29, 0.717) is 28.5 Å².